The molecule has 1 atom stereocenters. The molecule has 0 bridgehead atoms. The lowest BCUT2D eigenvalue weighted by Gasteiger charge is -2.19. The second kappa shape index (κ2) is 4.82. The summed E-state index contributed by atoms with van der Waals surface area (Å²) in [7, 11) is 0. The zero-order valence-electron chi connectivity index (χ0n) is 8.04. The molecule has 0 aromatic heterocycles. The molecular weight excluding hydrogens is 285 g/mol. The number of benzene rings is 1. The second-order valence-electron chi connectivity index (χ2n) is 3.62. The molecule has 1 N–H and O–H groups in total. The standard InChI is InChI=1S/C12H14IN/c13-10-6-8-12(9-7-10)14-11-4-2-1-3-5-11/h2,4,6-9,11,14H,1,3,5H2. The van der Waals surface area contributed by atoms with Crippen LogP contribution in [0.1, 0.15) is 19.3 Å². The molecule has 1 unspecified atom stereocenters. The van der Waals surface area contributed by atoms with Crippen LogP contribution in [0.5, 0.6) is 0 Å². The molecule has 1 aromatic carbocycles. The second-order valence-corrected chi connectivity index (χ2v) is 4.86. The molecule has 0 fully saturated rings. The van der Waals surface area contributed by atoms with Crippen molar-refractivity contribution in [3.05, 3.63) is 40.0 Å². The molecule has 1 aliphatic carbocycles. The zero-order chi connectivity index (χ0) is 9.80. The number of nitrogens with one attached hydrogen (secondary N) is 1. The number of hydrogen-bond acceptors (Lipinski definition) is 1. The van der Waals surface area contributed by atoms with Gasteiger partial charge in [0.15, 0.2) is 0 Å². The molecule has 1 nitrogen and oxygen atoms in total. The third kappa shape index (κ3) is 2.74. The summed E-state index contributed by atoms with van der Waals surface area (Å²) in [6.45, 7) is 0. The molecule has 2 heteroatoms. The van der Waals surface area contributed by atoms with E-state index in [1.165, 1.54) is 28.5 Å². The molecule has 0 radical (unpaired) electrons. The van der Waals surface area contributed by atoms with Gasteiger partial charge in [0.2, 0.25) is 0 Å². The van der Waals surface area contributed by atoms with Crippen LogP contribution in [-0.4, -0.2) is 6.04 Å². The van der Waals surface area contributed by atoms with E-state index in [0.29, 0.717) is 6.04 Å². The zero-order valence-corrected chi connectivity index (χ0v) is 10.2. The summed E-state index contributed by atoms with van der Waals surface area (Å²) < 4.78 is 1.28. The minimum absolute atomic E-state index is 0.531. The SMILES string of the molecule is Ic1ccc(NC2C=CCCC2)cc1. The van der Waals surface area contributed by atoms with E-state index in [9.17, 15) is 0 Å². The van der Waals surface area contributed by atoms with E-state index in [1.807, 2.05) is 0 Å². The Kier molecular flexibility index (Phi) is 3.45. The minimum Gasteiger partial charge on any atom is -0.379 e. The van der Waals surface area contributed by atoms with Crippen molar-refractivity contribution in [1.29, 1.82) is 0 Å². The highest BCUT2D eigenvalue weighted by molar-refractivity contribution is 14.1. The molecule has 0 amide bonds. The van der Waals surface area contributed by atoms with Crippen molar-refractivity contribution in [2.75, 3.05) is 5.32 Å². The van der Waals surface area contributed by atoms with E-state index in [0.717, 1.165) is 0 Å². The first kappa shape index (κ1) is 10.0. The van der Waals surface area contributed by atoms with E-state index in [4.69, 9.17) is 0 Å². The Morgan fingerprint density at radius 1 is 1.21 bits per heavy atom. The first-order valence-electron chi connectivity index (χ1n) is 5.03. The van der Waals surface area contributed by atoms with Crippen LogP contribution in [0, 0.1) is 3.57 Å². The van der Waals surface area contributed by atoms with Gasteiger partial charge in [0.1, 0.15) is 0 Å². The Morgan fingerprint density at radius 2 is 2.00 bits per heavy atom. The topological polar surface area (TPSA) is 12.0 Å². The Balaban J connectivity index is 1.99. The fourth-order valence-corrected chi connectivity index (χ4v) is 2.05. The van der Waals surface area contributed by atoms with Crippen LogP contribution in [0.4, 0.5) is 5.69 Å². The van der Waals surface area contributed by atoms with Crippen LogP contribution in [-0.2, 0) is 0 Å². The molecule has 0 saturated carbocycles. The minimum atomic E-state index is 0.531. The summed E-state index contributed by atoms with van der Waals surface area (Å²) in [5.41, 5.74) is 1.22. The molecule has 14 heavy (non-hydrogen) atoms. The van der Waals surface area contributed by atoms with Crippen molar-refractivity contribution in [1.82, 2.24) is 0 Å². The van der Waals surface area contributed by atoms with Crippen LogP contribution < -0.4 is 5.32 Å². The van der Waals surface area contributed by atoms with Crippen molar-refractivity contribution in [3.8, 4) is 0 Å². The van der Waals surface area contributed by atoms with Crippen LogP contribution in [0.2, 0.25) is 0 Å². The summed E-state index contributed by atoms with van der Waals surface area (Å²) in [4.78, 5) is 0. The van der Waals surface area contributed by atoms with Gasteiger partial charge in [-0.2, -0.15) is 0 Å². The van der Waals surface area contributed by atoms with Gasteiger partial charge in [-0.3, -0.25) is 0 Å². The van der Waals surface area contributed by atoms with Crippen LogP contribution in [0.15, 0.2) is 36.4 Å². The molecule has 0 saturated heterocycles. The largest absolute Gasteiger partial charge is 0.379 e. The highest BCUT2D eigenvalue weighted by Crippen LogP contribution is 2.17. The van der Waals surface area contributed by atoms with Gasteiger partial charge in [-0.1, -0.05) is 12.2 Å². The van der Waals surface area contributed by atoms with Crippen molar-refractivity contribution in [3.63, 3.8) is 0 Å². The summed E-state index contributed by atoms with van der Waals surface area (Å²) >= 11 is 2.33. The van der Waals surface area contributed by atoms with Crippen molar-refractivity contribution in [2.24, 2.45) is 0 Å². The average molecular weight is 299 g/mol. The third-order valence-electron chi connectivity index (χ3n) is 2.45. The van der Waals surface area contributed by atoms with Gasteiger partial charge in [0.25, 0.3) is 0 Å². The van der Waals surface area contributed by atoms with Gasteiger partial charge < -0.3 is 5.32 Å². The van der Waals surface area contributed by atoms with Gasteiger partial charge >= 0.3 is 0 Å². The molecule has 74 valence electrons. The highest BCUT2D eigenvalue weighted by atomic mass is 127. The lowest BCUT2D eigenvalue weighted by atomic mass is 10.0. The van der Waals surface area contributed by atoms with E-state index in [-0.39, 0.29) is 0 Å². The average Bonchev–Trinajstić information content (AvgIpc) is 2.23. The normalized spacial score (nSPS) is 20.8. The third-order valence-corrected chi connectivity index (χ3v) is 3.17. The van der Waals surface area contributed by atoms with Crippen molar-refractivity contribution >= 4 is 28.3 Å². The van der Waals surface area contributed by atoms with Gasteiger partial charge in [-0.25, -0.2) is 0 Å². The number of allylic oxidation sites excluding steroid dienone is 1. The number of anilines is 1. The van der Waals surface area contributed by atoms with Crippen LogP contribution in [0.3, 0.4) is 0 Å². The maximum Gasteiger partial charge on any atom is 0.0444 e. The Hall–Kier alpha value is -0.510. The maximum atomic E-state index is 3.52. The Morgan fingerprint density at radius 3 is 2.64 bits per heavy atom. The molecule has 0 spiro atoms. The predicted molar refractivity (Wildman–Crippen MR) is 69.6 cm³/mol. The summed E-state index contributed by atoms with van der Waals surface area (Å²) in [6.07, 6.45) is 8.35. The van der Waals surface area contributed by atoms with Crippen LogP contribution >= 0.6 is 22.6 Å². The van der Waals surface area contributed by atoms with Crippen LogP contribution in [0.25, 0.3) is 0 Å². The lowest BCUT2D eigenvalue weighted by molar-refractivity contribution is 0.674. The molecule has 1 aromatic rings. The highest BCUT2D eigenvalue weighted by Gasteiger charge is 2.06. The number of rotatable bonds is 2. The van der Waals surface area contributed by atoms with Crippen molar-refractivity contribution < 1.29 is 0 Å². The lowest BCUT2D eigenvalue weighted by Crippen LogP contribution is -2.18. The van der Waals surface area contributed by atoms with Gasteiger partial charge in [-0.15, -0.1) is 0 Å². The Bertz CT molecular complexity index is 316. The smallest absolute Gasteiger partial charge is 0.0444 e. The molecule has 1 aliphatic rings. The summed E-state index contributed by atoms with van der Waals surface area (Å²) in [5, 5.41) is 3.52. The predicted octanol–water partition coefficient (Wildman–Crippen LogP) is 3.81. The quantitative estimate of drug-likeness (QED) is 0.647. The van der Waals surface area contributed by atoms with E-state index >= 15 is 0 Å². The van der Waals surface area contributed by atoms with Crippen molar-refractivity contribution in [2.45, 2.75) is 25.3 Å². The summed E-state index contributed by atoms with van der Waals surface area (Å²) in [5.74, 6) is 0. The van der Waals surface area contributed by atoms with E-state index in [1.54, 1.807) is 0 Å². The fraction of sp³-hybridized carbons (Fsp3) is 0.333. The monoisotopic (exact) mass is 299 g/mol. The summed E-state index contributed by atoms with van der Waals surface area (Å²) in [6, 6.07) is 9.09. The molecule has 0 heterocycles. The van der Waals surface area contributed by atoms with Gasteiger partial charge in [-0.05, 0) is 66.1 Å². The molecule has 0 aliphatic heterocycles. The van der Waals surface area contributed by atoms with E-state index < -0.39 is 0 Å². The molecular formula is C12H14IN. The number of halogens is 1. The molecule has 2 rings (SSSR count). The maximum absolute atomic E-state index is 3.52. The van der Waals surface area contributed by atoms with E-state index in [2.05, 4.69) is 64.3 Å². The van der Waals surface area contributed by atoms with Gasteiger partial charge in [0.05, 0.1) is 0 Å². The Labute approximate surface area is 98.7 Å². The first-order valence-corrected chi connectivity index (χ1v) is 6.11. The fourth-order valence-electron chi connectivity index (χ4n) is 1.69. The number of hydrogen-bond donors (Lipinski definition) is 1. The van der Waals surface area contributed by atoms with Gasteiger partial charge in [0, 0.05) is 15.3 Å². The first-order chi connectivity index (χ1) is 6.84.